The second-order valence-electron chi connectivity index (χ2n) is 7.35. The maximum Gasteiger partial charge on any atom is 0.307 e. The number of rotatable bonds is 6. The standard InChI is InChI=1S/C23H23NO9/c1-12-5-7-16(8-6-12)19-17(28)9-10-24(22(19)29)23-21(32-15(4)27)20(31-14(3)26)18(33-23)11-30-13(2)25/h5-10,21,23,28H,11H2,1-4H3/t21?,23-/m1/s1. The van der Waals surface area contributed by atoms with Gasteiger partial charge in [-0.1, -0.05) is 29.8 Å². The van der Waals surface area contributed by atoms with E-state index in [4.69, 9.17) is 18.9 Å². The van der Waals surface area contributed by atoms with Crippen LogP contribution >= 0.6 is 0 Å². The van der Waals surface area contributed by atoms with Crippen molar-refractivity contribution in [2.24, 2.45) is 0 Å². The van der Waals surface area contributed by atoms with E-state index in [9.17, 15) is 24.3 Å². The van der Waals surface area contributed by atoms with Gasteiger partial charge in [0, 0.05) is 27.0 Å². The maximum absolute atomic E-state index is 13.4. The Kier molecular flexibility index (Phi) is 6.86. The lowest BCUT2D eigenvalue weighted by Crippen LogP contribution is -2.35. The molecule has 10 heteroatoms. The van der Waals surface area contributed by atoms with Gasteiger partial charge in [-0.05, 0) is 18.6 Å². The number of aromatic hydroxyl groups is 1. The van der Waals surface area contributed by atoms with Crippen LogP contribution in [0.25, 0.3) is 11.1 Å². The molecule has 0 radical (unpaired) electrons. The van der Waals surface area contributed by atoms with Gasteiger partial charge in [0.15, 0.2) is 18.1 Å². The number of esters is 3. The van der Waals surface area contributed by atoms with Gasteiger partial charge in [0.05, 0.1) is 5.56 Å². The van der Waals surface area contributed by atoms with Crippen LogP contribution in [0.3, 0.4) is 0 Å². The molecular weight excluding hydrogens is 434 g/mol. The molecular formula is C23H23NO9. The van der Waals surface area contributed by atoms with Crippen molar-refractivity contribution < 1.29 is 38.4 Å². The molecule has 1 aliphatic heterocycles. The topological polar surface area (TPSA) is 130 Å². The average molecular weight is 457 g/mol. The monoisotopic (exact) mass is 457 g/mol. The first-order chi connectivity index (χ1) is 15.6. The van der Waals surface area contributed by atoms with Crippen LogP contribution in [-0.2, 0) is 33.3 Å². The molecule has 0 amide bonds. The molecule has 0 aliphatic carbocycles. The van der Waals surface area contributed by atoms with Crippen LogP contribution in [0.5, 0.6) is 5.75 Å². The Hall–Kier alpha value is -4.08. The number of pyridine rings is 1. The van der Waals surface area contributed by atoms with Crippen LogP contribution in [0.15, 0.2) is 52.8 Å². The molecule has 1 N–H and O–H groups in total. The fraction of sp³-hybridized carbons (Fsp3) is 0.304. The van der Waals surface area contributed by atoms with Gasteiger partial charge in [0.25, 0.3) is 5.56 Å². The summed E-state index contributed by atoms with van der Waals surface area (Å²) in [6.45, 7) is 4.93. The molecule has 0 fully saturated rings. The SMILES string of the molecule is CC(=O)OCC1=C(OC(C)=O)C(OC(C)=O)[C@H](n2ccc(O)c(-c3ccc(C)cc3)c2=O)O1. The quantitative estimate of drug-likeness (QED) is 0.513. The van der Waals surface area contributed by atoms with Gasteiger partial charge < -0.3 is 24.1 Å². The largest absolute Gasteiger partial charge is 0.507 e. The van der Waals surface area contributed by atoms with Crippen LogP contribution in [0.1, 0.15) is 32.6 Å². The number of carbonyl (C=O) groups is 3. The van der Waals surface area contributed by atoms with Crippen molar-refractivity contribution in [3.05, 3.63) is 64.0 Å². The second kappa shape index (κ2) is 9.60. The fourth-order valence-corrected chi connectivity index (χ4v) is 3.32. The summed E-state index contributed by atoms with van der Waals surface area (Å²) in [5, 5.41) is 10.4. The predicted molar refractivity (Wildman–Crippen MR) is 114 cm³/mol. The smallest absolute Gasteiger partial charge is 0.307 e. The summed E-state index contributed by atoms with van der Waals surface area (Å²) < 4.78 is 22.3. The number of aryl methyl sites for hydroxylation is 1. The van der Waals surface area contributed by atoms with Crippen LogP contribution in [0.2, 0.25) is 0 Å². The molecule has 3 rings (SSSR count). The second-order valence-corrected chi connectivity index (χ2v) is 7.35. The summed E-state index contributed by atoms with van der Waals surface area (Å²) in [7, 11) is 0. The normalized spacial score (nSPS) is 17.3. The van der Waals surface area contributed by atoms with Crippen LogP contribution < -0.4 is 5.56 Å². The number of nitrogens with zero attached hydrogens (tertiary/aromatic N) is 1. The van der Waals surface area contributed by atoms with E-state index in [1.54, 1.807) is 24.3 Å². The minimum atomic E-state index is -1.33. The lowest BCUT2D eigenvalue weighted by Gasteiger charge is -2.23. The van der Waals surface area contributed by atoms with Crippen LogP contribution in [0, 0.1) is 6.92 Å². The van der Waals surface area contributed by atoms with E-state index < -0.39 is 42.4 Å². The lowest BCUT2D eigenvalue weighted by molar-refractivity contribution is -0.156. The zero-order valence-corrected chi connectivity index (χ0v) is 18.5. The van der Waals surface area contributed by atoms with E-state index in [2.05, 4.69) is 0 Å². The van der Waals surface area contributed by atoms with Crippen molar-refractivity contribution >= 4 is 17.9 Å². The van der Waals surface area contributed by atoms with Gasteiger partial charge in [-0.15, -0.1) is 0 Å². The van der Waals surface area contributed by atoms with Crippen molar-refractivity contribution in [1.29, 1.82) is 0 Å². The fourth-order valence-electron chi connectivity index (χ4n) is 3.32. The minimum absolute atomic E-state index is 0.00477. The Morgan fingerprint density at radius 2 is 1.70 bits per heavy atom. The van der Waals surface area contributed by atoms with Crippen molar-refractivity contribution in [2.75, 3.05) is 6.61 Å². The van der Waals surface area contributed by atoms with Crippen molar-refractivity contribution in [3.8, 4) is 16.9 Å². The Morgan fingerprint density at radius 3 is 2.27 bits per heavy atom. The summed E-state index contributed by atoms with van der Waals surface area (Å²) in [6.07, 6.45) is -1.35. The number of benzene rings is 1. The van der Waals surface area contributed by atoms with Crippen molar-refractivity contribution in [2.45, 2.75) is 40.0 Å². The van der Waals surface area contributed by atoms with E-state index in [-0.39, 0.29) is 22.8 Å². The summed E-state index contributed by atoms with van der Waals surface area (Å²) in [6, 6.07) is 8.24. The third-order valence-electron chi connectivity index (χ3n) is 4.72. The molecule has 0 saturated heterocycles. The molecule has 0 saturated carbocycles. The van der Waals surface area contributed by atoms with Gasteiger partial charge in [-0.2, -0.15) is 0 Å². The molecule has 33 heavy (non-hydrogen) atoms. The molecule has 0 bridgehead atoms. The minimum Gasteiger partial charge on any atom is -0.507 e. The molecule has 1 aliphatic rings. The summed E-state index contributed by atoms with van der Waals surface area (Å²) in [5.41, 5.74) is 0.795. The molecule has 10 nitrogen and oxygen atoms in total. The molecule has 1 aromatic carbocycles. The van der Waals surface area contributed by atoms with Crippen molar-refractivity contribution in [3.63, 3.8) is 0 Å². The highest BCUT2D eigenvalue weighted by atomic mass is 16.6. The molecule has 174 valence electrons. The molecule has 2 heterocycles. The van der Waals surface area contributed by atoms with E-state index >= 15 is 0 Å². The van der Waals surface area contributed by atoms with Gasteiger partial charge in [0.2, 0.25) is 12.3 Å². The summed E-state index contributed by atoms with van der Waals surface area (Å²) >= 11 is 0. The first-order valence-electron chi connectivity index (χ1n) is 9.98. The summed E-state index contributed by atoms with van der Waals surface area (Å²) in [4.78, 5) is 48.1. The average Bonchev–Trinajstić information content (AvgIpc) is 3.04. The molecule has 2 aromatic rings. The number of carbonyl (C=O) groups excluding carboxylic acids is 3. The Morgan fingerprint density at radius 1 is 1.03 bits per heavy atom. The van der Waals surface area contributed by atoms with Gasteiger partial charge in [-0.3, -0.25) is 23.7 Å². The molecule has 0 spiro atoms. The van der Waals surface area contributed by atoms with Crippen LogP contribution in [-0.4, -0.2) is 40.3 Å². The molecule has 2 atom stereocenters. The summed E-state index contributed by atoms with van der Waals surface area (Å²) in [5.74, 6) is -2.61. The first-order valence-corrected chi connectivity index (χ1v) is 9.98. The highest BCUT2D eigenvalue weighted by Crippen LogP contribution is 2.37. The third-order valence-corrected chi connectivity index (χ3v) is 4.72. The first kappa shape index (κ1) is 23.6. The number of aromatic nitrogens is 1. The zero-order valence-electron chi connectivity index (χ0n) is 18.5. The lowest BCUT2D eigenvalue weighted by atomic mass is 10.0. The van der Waals surface area contributed by atoms with Crippen LogP contribution in [0.4, 0.5) is 0 Å². The van der Waals surface area contributed by atoms with Gasteiger partial charge in [-0.25, -0.2) is 0 Å². The maximum atomic E-state index is 13.4. The Bertz CT molecular complexity index is 1180. The van der Waals surface area contributed by atoms with E-state index in [0.29, 0.717) is 5.56 Å². The zero-order chi connectivity index (χ0) is 24.3. The van der Waals surface area contributed by atoms with Crippen molar-refractivity contribution in [1.82, 2.24) is 4.57 Å². The highest BCUT2D eigenvalue weighted by molar-refractivity contribution is 5.70. The molecule has 1 unspecified atom stereocenters. The van der Waals surface area contributed by atoms with E-state index in [0.717, 1.165) is 24.0 Å². The van der Waals surface area contributed by atoms with Gasteiger partial charge >= 0.3 is 17.9 Å². The Labute approximate surface area is 188 Å². The Balaban J connectivity index is 2.10. The predicted octanol–water partition coefficient (Wildman–Crippen LogP) is 2.33. The van der Waals surface area contributed by atoms with E-state index in [1.165, 1.54) is 19.2 Å². The number of hydrogen-bond acceptors (Lipinski definition) is 9. The number of ether oxygens (including phenoxy) is 4. The van der Waals surface area contributed by atoms with Gasteiger partial charge in [0.1, 0.15) is 5.75 Å². The molecule has 1 aromatic heterocycles. The number of hydrogen-bond donors (Lipinski definition) is 1. The van der Waals surface area contributed by atoms with E-state index in [1.807, 2.05) is 6.92 Å². The third kappa shape index (κ3) is 5.22. The highest BCUT2D eigenvalue weighted by Gasteiger charge is 2.44.